The maximum absolute atomic E-state index is 13.3. The molecule has 2 aliphatic carbocycles. The number of benzene rings is 2. The summed E-state index contributed by atoms with van der Waals surface area (Å²) in [7, 11) is 0. The maximum Gasteiger partial charge on any atom is 0.315 e. The molecule has 4 N–H and O–H groups in total. The summed E-state index contributed by atoms with van der Waals surface area (Å²) in [5.41, 5.74) is 3.69. The van der Waals surface area contributed by atoms with E-state index in [0.717, 1.165) is 73.0 Å². The summed E-state index contributed by atoms with van der Waals surface area (Å²) in [5, 5.41) is 13.5. The summed E-state index contributed by atoms with van der Waals surface area (Å²) < 4.78 is 0. The number of hydrogen-bond acceptors (Lipinski definition) is 5. The standard InChI is InChI=1S/C32H38N4O3S/c37-28(13-7-6-12-27-30-26(19-40-27)35-32(39)36-30)33-21-14-16-22(17-15-21)34-29-23-10-4-5-11-24(23)31(38)25(29)18-20-8-2-1-3-9-20/h1-5,8-11,18,21-22,26-27,29-30,34H,6-7,12-17,19H2,(H,33,37)(H2,35,36,39)/b25-18+/t21-,22-,26-,27-,29?,30-/m0/s1. The zero-order chi connectivity index (χ0) is 27.5. The molecule has 3 fully saturated rings. The van der Waals surface area contributed by atoms with Crippen LogP contribution in [0.2, 0.25) is 0 Å². The molecule has 40 heavy (non-hydrogen) atoms. The molecule has 0 spiro atoms. The first kappa shape index (κ1) is 27.1. The minimum absolute atomic E-state index is 0.0461. The lowest BCUT2D eigenvalue weighted by Crippen LogP contribution is -2.43. The van der Waals surface area contributed by atoms with E-state index >= 15 is 0 Å². The van der Waals surface area contributed by atoms with E-state index in [-0.39, 0.29) is 41.9 Å². The number of fused-ring (bicyclic) bond motifs is 2. The fourth-order valence-corrected chi connectivity index (χ4v) is 8.22. The first-order chi connectivity index (χ1) is 19.5. The van der Waals surface area contributed by atoms with Crippen molar-refractivity contribution in [2.75, 3.05) is 5.75 Å². The lowest BCUT2D eigenvalue weighted by Gasteiger charge is -2.32. The molecule has 2 aromatic carbocycles. The van der Waals surface area contributed by atoms with Crippen LogP contribution >= 0.6 is 11.8 Å². The van der Waals surface area contributed by atoms with Gasteiger partial charge >= 0.3 is 6.03 Å². The van der Waals surface area contributed by atoms with Crippen molar-refractivity contribution in [3.63, 3.8) is 0 Å². The number of hydrogen-bond donors (Lipinski definition) is 4. The molecule has 6 rings (SSSR count). The Morgan fingerprint density at radius 2 is 1.68 bits per heavy atom. The number of nitrogens with one attached hydrogen (secondary N) is 4. The number of urea groups is 1. The lowest BCUT2D eigenvalue weighted by atomic mass is 9.89. The van der Waals surface area contributed by atoms with Crippen LogP contribution in [0.3, 0.4) is 0 Å². The summed E-state index contributed by atoms with van der Waals surface area (Å²) in [4.78, 5) is 37.5. The highest BCUT2D eigenvalue weighted by Crippen LogP contribution is 2.38. The number of ketones is 1. The van der Waals surface area contributed by atoms with Crippen molar-refractivity contribution in [1.82, 2.24) is 21.3 Å². The van der Waals surface area contributed by atoms with Crippen molar-refractivity contribution in [2.24, 2.45) is 0 Å². The second-order valence-electron chi connectivity index (χ2n) is 11.5. The second kappa shape index (κ2) is 12.2. The second-order valence-corrected chi connectivity index (χ2v) is 12.8. The summed E-state index contributed by atoms with van der Waals surface area (Å²) in [5.74, 6) is 1.22. The van der Waals surface area contributed by atoms with Crippen LogP contribution in [0.25, 0.3) is 6.08 Å². The average molecular weight is 559 g/mol. The van der Waals surface area contributed by atoms with Crippen molar-refractivity contribution in [3.05, 3.63) is 76.9 Å². The van der Waals surface area contributed by atoms with Gasteiger partial charge in [-0.05, 0) is 55.7 Å². The topological polar surface area (TPSA) is 99.3 Å². The van der Waals surface area contributed by atoms with E-state index in [4.69, 9.17) is 0 Å². The van der Waals surface area contributed by atoms with Gasteiger partial charge in [-0.25, -0.2) is 4.79 Å². The number of carbonyl (C=O) groups excluding carboxylic acids is 3. The van der Waals surface area contributed by atoms with Gasteiger partial charge in [-0.15, -0.1) is 0 Å². The molecule has 1 unspecified atom stereocenters. The van der Waals surface area contributed by atoms with Gasteiger partial charge in [0, 0.05) is 40.6 Å². The molecule has 0 radical (unpaired) electrons. The third kappa shape index (κ3) is 5.98. The number of unbranched alkanes of at least 4 members (excludes halogenated alkanes) is 1. The molecule has 2 aliphatic heterocycles. The number of thioether (sulfide) groups is 1. The van der Waals surface area contributed by atoms with Gasteiger partial charge in [-0.2, -0.15) is 11.8 Å². The molecule has 8 heteroatoms. The van der Waals surface area contributed by atoms with Crippen molar-refractivity contribution in [3.8, 4) is 0 Å². The predicted octanol–water partition coefficient (Wildman–Crippen LogP) is 4.75. The summed E-state index contributed by atoms with van der Waals surface area (Å²) in [6.45, 7) is 0. The Kier molecular flexibility index (Phi) is 8.25. The smallest absolute Gasteiger partial charge is 0.315 e. The Morgan fingerprint density at radius 1 is 0.925 bits per heavy atom. The van der Waals surface area contributed by atoms with Gasteiger partial charge in [0.1, 0.15) is 0 Å². The molecule has 4 aliphatic rings. The lowest BCUT2D eigenvalue weighted by molar-refractivity contribution is -0.122. The van der Waals surface area contributed by atoms with E-state index in [9.17, 15) is 14.4 Å². The van der Waals surface area contributed by atoms with E-state index in [1.54, 1.807) is 0 Å². The molecular weight excluding hydrogens is 520 g/mol. The van der Waals surface area contributed by atoms with Crippen LogP contribution in [0.15, 0.2) is 60.2 Å². The Morgan fingerprint density at radius 3 is 2.50 bits per heavy atom. The van der Waals surface area contributed by atoms with Gasteiger partial charge < -0.3 is 21.3 Å². The third-order valence-corrected chi connectivity index (χ3v) is 10.3. The zero-order valence-corrected chi connectivity index (χ0v) is 23.6. The first-order valence-electron chi connectivity index (χ1n) is 14.7. The molecule has 0 bridgehead atoms. The molecule has 210 valence electrons. The van der Waals surface area contributed by atoms with Crippen LogP contribution in [0.1, 0.15) is 78.9 Å². The zero-order valence-electron chi connectivity index (χ0n) is 22.7. The molecular formula is C32H38N4O3S. The minimum Gasteiger partial charge on any atom is -0.353 e. The van der Waals surface area contributed by atoms with Crippen molar-refractivity contribution < 1.29 is 14.4 Å². The Balaban J connectivity index is 0.962. The van der Waals surface area contributed by atoms with Crippen molar-refractivity contribution >= 4 is 35.6 Å². The number of rotatable bonds is 9. The first-order valence-corrected chi connectivity index (χ1v) is 15.7. The van der Waals surface area contributed by atoms with E-state index in [1.165, 1.54) is 0 Å². The van der Waals surface area contributed by atoms with Gasteiger partial charge in [0.25, 0.3) is 0 Å². The van der Waals surface area contributed by atoms with Crippen LogP contribution in [-0.4, -0.2) is 52.9 Å². The largest absolute Gasteiger partial charge is 0.353 e. The van der Waals surface area contributed by atoms with Crippen molar-refractivity contribution in [2.45, 2.75) is 86.8 Å². The van der Waals surface area contributed by atoms with E-state index in [0.29, 0.717) is 17.7 Å². The van der Waals surface area contributed by atoms with Crippen LogP contribution < -0.4 is 21.3 Å². The highest BCUT2D eigenvalue weighted by atomic mass is 32.2. The fraction of sp³-hybridized carbons (Fsp3) is 0.469. The van der Waals surface area contributed by atoms with Crippen LogP contribution in [-0.2, 0) is 4.79 Å². The Labute approximate surface area is 240 Å². The SMILES string of the molecule is O=C1N[C@H]2[C@H](CS[C@H]2CCCCC(=O)N[C@H]2CC[C@H](NC3/C(=C\c4ccccc4)C(=O)c4ccccc43)CC2)N1. The predicted molar refractivity (Wildman–Crippen MR) is 159 cm³/mol. The number of carbonyl (C=O) groups is 3. The average Bonchev–Trinajstić information content (AvgIpc) is 3.60. The van der Waals surface area contributed by atoms with Gasteiger partial charge in [0.15, 0.2) is 5.78 Å². The Hall–Kier alpha value is -3.10. The number of amides is 3. The summed E-state index contributed by atoms with van der Waals surface area (Å²) in [6, 6.07) is 18.8. The highest BCUT2D eigenvalue weighted by Gasteiger charge is 2.42. The molecule has 2 heterocycles. The molecule has 3 amide bonds. The highest BCUT2D eigenvalue weighted by molar-refractivity contribution is 8.00. The van der Waals surface area contributed by atoms with Crippen LogP contribution in [0.5, 0.6) is 0 Å². The maximum atomic E-state index is 13.3. The van der Waals surface area contributed by atoms with Crippen LogP contribution in [0, 0.1) is 0 Å². The normalized spacial score (nSPS) is 30.1. The fourth-order valence-electron chi connectivity index (χ4n) is 6.68. The van der Waals surface area contributed by atoms with Crippen molar-refractivity contribution in [1.29, 1.82) is 0 Å². The quantitative estimate of drug-likeness (QED) is 0.202. The van der Waals surface area contributed by atoms with Crippen LogP contribution in [0.4, 0.5) is 4.79 Å². The molecule has 2 saturated heterocycles. The molecule has 4 atom stereocenters. The van der Waals surface area contributed by atoms with E-state index < -0.39 is 0 Å². The monoisotopic (exact) mass is 558 g/mol. The molecule has 7 nitrogen and oxygen atoms in total. The number of Topliss-reactive ketones (excluding diaryl/α,β-unsaturated/α-hetero) is 1. The van der Waals surface area contributed by atoms with Gasteiger partial charge in [-0.3, -0.25) is 9.59 Å². The van der Waals surface area contributed by atoms with Gasteiger partial charge in [0.2, 0.25) is 5.91 Å². The summed E-state index contributed by atoms with van der Waals surface area (Å²) in [6.07, 6.45) is 9.32. The minimum atomic E-state index is -0.110. The summed E-state index contributed by atoms with van der Waals surface area (Å²) >= 11 is 1.93. The third-order valence-electron chi connectivity index (χ3n) is 8.79. The van der Waals surface area contributed by atoms with E-state index in [1.807, 2.05) is 66.4 Å². The van der Waals surface area contributed by atoms with Gasteiger partial charge in [-0.1, -0.05) is 61.0 Å². The Bertz CT molecular complexity index is 1270. The molecule has 1 saturated carbocycles. The molecule has 2 aromatic rings. The van der Waals surface area contributed by atoms with E-state index in [2.05, 4.69) is 27.3 Å². The van der Waals surface area contributed by atoms with Gasteiger partial charge in [0.05, 0.1) is 18.1 Å². The molecule has 0 aromatic heterocycles.